The number of unbranched alkanes of at least 4 members (excludes halogenated alkanes) is 7. The van der Waals surface area contributed by atoms with Crippen LogP contribution in [0.5, 0.6) is 0 Å². The molecule has 0 atom stereocenters. The van der Waals surface area contributed by atoms with Crippen molar-refractivity contribution in [3.05, 3.63) is 57.0 Å². The van der Waals surface area contributed by atoms with Crippen molar-refractivity contribution in [2.75, 3.05) is 11.4 Å². The van der Waals surface area contributed by atoms with E-state index in [1.165, 1.54) is 56.1 Å². The molecule has 1 aromatic carbocycles. The number of anilines is 1. The molecule has 0 aliphatic carbocycles. The van der Waals surface area contributed by atoms with Crippen LogP contribution in [0.1, 0.15) is 80.7 Å². The van der Waals surface area contributed by atoms with Crippen LogP contribution >= 0.6 is 0 Å². The van der Waals surface area contributed by atoms with E-state index in [1.54, 1.807) is 0 Å². The van der Waals surface area contributed by atoms with Gasteiger partial charge in [-0.05, 0) is 37.3 Å². The number of aromatic nitrogens is 2. The van der Waals surface area contributed by atoms with Gasteiger partial charge in [-0.25, -0.2) is 4.98 Å². The number of hydrogen-bond donors (Lipinski definition) is 1. The maximum absolute atomic E-state index is 12.7. The van der Waals surface area contributed by atoms with Gasteiger partial charge in [0.05, 0.1) is 0 Å². The molecule has 3 rings (SSSR count). The van der Waals surface area contributed by atoms with Crippen LogP contribution in [0.3, 0.4) is 0 Å². The van der Waals surface area contributed by atoms with Crippen LogP contribution in [0.4, 0.5) is 5.95 Å². The predicted molar refractivity (Wildman–Crippen MR) is 117 cm³/mol. The molecule has 28 heavy (non-hydrogen) atoms. The Labute approximate surface area is 169 Å². The number of aromatic amines is 1. The Hall–Kier alpha value is -2.10. The molecule has 4 nitrogen and oxygen atoms in total. The zero-order valence-electron chi connectivity index (χ0n) is 17.6. The lowest BCUT2D eigenvalue weighted by molar-refractivity contribution is 0.574. The summed E-state index contributed by atoms with van der Waals surface area (Å²) in [4.78, 5) is 22.7. The minimum Gasteiger partial charge on any atom is -0.338 e. The number of nitrogens with one attached hydrogen (secondary N) is 1. The fraction of sp³-hybridized carbons (Fsp3) is 0.583. The van der Waals surface area contributed by atoms with Crippen LogP contribution in [-0.2, 0) is 19.4 Å². The van der Waals surface area contributed by atoms with Crippen LogP contribution < -0.4 is 10.5 Å². The lowest BCUT2D eigenvalue weighted by Crippen LogP contribution is -2.34. The highest BCUT2D eigenvalue weighted by atomic mass is 16.1. The standard InChI is InChI=1S/C24H35N3O/c1-3-4-5-6-7-8-9-10-15-22-19(2)25-24(26-23(22)28)27-17-16-20-13-11-12-14-21(20)18-27/h11-14H,3-10,15-18H2,1-2H3,(H,25,26,28). The average Bonchev–Trinajstić information content (AvgIpc) is 2.71. The molecule has 152 valence electrons. The molecule has 0 saturated carbocycles. The lowest BCUT2D eigenvalue weighted by Gasteiger charge is -2.29. The van der Waals surface area contributed by atoms with Gasteiger partial charge in [0.15, 0.2) is 0 Å². The largest absolute Gasteiger partial charge is 0.338 e. The minimum absolute atomic E-state index is 0.0457. The van der Waals surface area contributed by atoms with Gasteiger partial charge in [-0.2, -0.15) is 0 Å². The SMILES string of the molecule is CCCCCCCCCCc1c(C)nc(N2CCc3ccccc3C2)[nH]c1=O. The Balaban J connectivity index is 1.53. The second-order valence-corrected chi connectivity index (χ2v) is 8.12. The van der Waals surface area contributed by atoms with Crippen molar-refractivity contribution in [3.8, 4) is 0 Å². The number of H-pyrrole nitrogens is 1. The molecule has 4 heteroatoms. The number of benzene rings is 1. The van der Waals surface area contributed by atoms with Crippen LogP contribution in [0.25, 0.3) is 0 Å². The monoisotopic (exact) mass is 381 g/mol. The summed E-state index contributed by atoms with van der Waals surface area (Å²) in [7, 11) is 0. The summed E-state index contributed by atoms with van der Waals surface area (Å²) in [6, 6.07) is 8.54. The second-order valence-electron chi connectivity index (χ2n) is 8.12. The van der Waals surface area contributed by atoms with E-state index in [1.807, 2.05) is 6.92 Å². The Morgan fingerprint density at radius 3 is 2.39 bits per heavy atom. The van der Waals surface area contributed by atoms with Crippen LogP contribution in [-0.4, -0.2) is 16.5 Å². The summed E-state index contributed by atoms with van der Waals surface area (Å²) >= 11 is 0. The first-order chi connectivity index (χ1) is 13.7. The molecule has 2 heterocycles. The van der Waals surface area contributed by atoms with E-state index in [9.17, 15) is 4.79 Å². The van der Waals surface area contributed by atoms with E-state index in [0.717, 1.165) is 49.6 Å². The number of fused-ring (bicyclic) bond motifs is 1. The first-order valence-corrected chi connectivity index (χ1v) is 11.1. The highest BCUT2D eigenvalue weighted by molar-refractivity contribution is 5.40. The summed E-state index contributed by atoms with van der Waals surface area (Å²) < 4.78 is 0. The minimum atomic E-state index is 0.0457. The molecule has 2 aromatic rings. The van der Waals surface area contributed by atoms with Gasteiger partial charge in [-0.1, -0.05) is 76.1 Å². The summed E-state index contributed by atoms with van der Waals surface area (Å²) in [5.41, 5.74) is 4.54. The second kappa shape index (κ2) is 10.4. The predicted octanol–water partition coefficient (Wildman–Crippen LogP) is 5.32. The molecule has 1 aliphatic heterocycles. The van der Waals surface area contributed by atoms with Gasteiger partial charge in [-0.15, -0.1) is 0 Å². The molecule has 0 bridgehead atoms. The fourth-order valence-corrected chi connectivity index (χ4v) is 4.15. The molecule has 0 fully saturated rings. The Morgan fingerprint density at radius 1 is 1.00 bits per heavy atom. The maximum atomic E-state index is 12.7. The van der Waals surface area contributed by atoms with Gasteiger partial charge in [0.2, 0.25) is 5.95 Å². The van der Waals surface area contributed by atoms with Gasteiger partial charge in [0, 0.05) is 24.3 Å². The number of hydrogen-bond acceptors (Lipinski definition) is 3. The molecule has 1 aromatic heterocycles. The van der Waals surface area contributed by atoms with Gasteiger partial charge >= 0.3 is 0 Å². The summed E-state index contributed by atoms with van der Waals surface area (Å²) in [5, 5.41) is 0. The molecule has 0 amide bonds. The van der Waals surface area contributed by atoms with Crippen molar-refractivity contribution >= 4 is 5.95 Å². The van der Waals surface area contributed by atoms with Gasteiger partial charge in [-0.3, -0.25) is 9.78 Å². The maximum Gasteiger partial charge on any atom is 0.255 e. The average molecular weight is 382 g/mol. The molecule has 0 saturated heterocycles. The third kappa shape index (κ3) is 5.46. The van der Waals surface area contributed by atoms with Crippen molar-refractivity contribution in [2.24, 2.45) is 0 Å². The Bertz CT molecular complexity index is 812. The molecular weight excluding hydrogens is 346 g/mol. The molecule has 0 unspecified atom stereocenters. The van der Waals surface area contributed by atoms with Crippen molar-refractivity contribution in [1.29, 1.82) is 0 Å². The van der Waals surface area contributed by atoms with E-state index in [4.69, 9.17) is 4.98 Å². The third-order valence-corrected chi connectivity index (χ3v) is 5.92. The summed E-state index contributed by atoms with van der Waals surface area (Å²) in [6.45, 7) is 5.95. The quantitative estimate of drug-likeness (QED) is 0.566. The highest BCUT2D eigenvalue weighted by Gasteiger charge is 2.19. The van der Waals surface area contributed by atoms with Crippen LogP contribution in [0.15, 0.2) is 29.1 Å². The lowest BCUT2D eigenvalue weighted by atomic mass is 10.0. The van der Waals surface area contributed by atoms with Crippen LogP contribution in [0, 0.1) is 6.92 Å². The van der Waals surface area contributed by atoms with E-state index in [-0.39, 0.29) is 5.56 Å². The fourth-order valence-electron chi connectivity index (χ4n) is 4.15. The normalized spacial score (nSPS) is 13.6. The van der Waals surface area contributed by atoms with Gasteiger partial charge < -0.3 is 4.90 Å². The third-order valence-electron chi connectivity index (χ3n) is 5.92. The first kappa shape index (κ1) is 20.6. The van der Waals surface area contributed by atoms with Crippen molar-refractivity contribution in [2.45, 2.75) is 84.6 Å². The molecular formula is C24H35N3O. The van der Waals surface area contributed by atoms with Crippen molar-refractivity contribution in [1.82, 2.24) is 9.97 Å². The smallest absolute Gasteiger partial charge is 0.255 e. The molecule has 0 spiro atoms. The summed E-state index contributed by atoms with van der Waals surface area (Å²) in [6.07, 6.45) is 12.1. The Morgan fingerprint density at radius 2 is 1.68 bits per heavy atom. The molecule has 0 radical (unpaired) electrons. The van der Waals surface area contributed by atoms with Gasteiger partial charge in [0.25, 0.3) is 5.56 Å². The number of aryl methyl sites for hydroxylation is 1. The molecule has 1 N–H and O–H groups in total. The molecule has 1 aliphatic rings. The van der Waals surface area contributed by atoms with Crippen molar-refractivity contribution < 1.29 is 0 Å². The van der Waals surface area contributed by atoms with E-state index in [2.05, 4.69) is 41.1 Å². The van der Waals surface area contributed by atoms with Crippen LogP contribution in [0.2, 0.25) is 0 Å². The Kier molecular flexibility index (Phi) is 7.70. The topological polar surface area (TPSA) is 49.0 Å². The number of nitrogens with zero attached hydrogens (tertiary/aromatic N) is 2. The highest BCUT2D eigenvalue weighted by Crippen LogP contribution is 2.22. The zero-order valence-corrected chi connectivity index (χ0v) is 17.6. The van der Waals surface area contributed by atoms with Gasteiger partial charge in [0.1, 0.15) is 0 Å². The van der Waals surface area contributed by atoms with E-state index >= 15 is 0 Å². The zero-order chi connectivity index (χ0) is 19.8. The summed E-state index contributed by atoms with van der Waals surface area (Å²) in [5.74, 6) is 0.719. The first-order valence-electron chi connectivity index (χ1n) is 11.1. The van der Waals surface area contributed by atoms with E-state index < -0.39 is 0 Å². The van der Waals surface area contributed by atoms with Crippen molar-refractivity contribution in [3.63, 3.8) is 0 Å². The number of rotatable bonds is 10. The van der Waals surface area contributed by atoms with E-state index in [0.29, 0.717) is 0 Å².